The highest BCUT2D eigenvalue weighted by Crippen LogP contribution is 2.15. The summed E-state index contributed by atoms with van der Waals surface area (Å²) in [6.45, 7) is 5.18. The topological polar surface area (TPSA) is 75.3 Å². The van der Waals surface area contributed by atoms with Crippen LogP contribution in [0.1, 0.15) is 27.2 Å². The van der Waals surface area contributed by atoms with E-state index in [-0.39, 0.29) is 21.7 Å². The van der Waals surface area contributed by atoms with Crippen molar-refractivity contribution in [2.45, 2.75) is 43.0 Å². The van der Waals surface area contributed by atoms with E-state index in [9.17, 15) is 13.2 Å². The fourth-order valence-electron chi connectivity index (χ4n) is 1.79. The molecule has 2 atom stereocenters. The van der Waals surface area contributed by atoms with Crippen LogP contribution in [0.15, 0.2) is 29.2 Å². The third-order valence-electron chi connectivity index (χ3n) is 2.52. The summed E-state index contributed by atoms with van der Waals surface area (Å²) < 4.78 is 26.9. The SMILES string of the molecule is CC(=O)Nc1ccc(S(=O)(=O)NC(C)CC(C)Br)cc1. The van der Waals surface area contributed by atoms with E-state index in [1.807, 2.05) is 13.8 Å². The van der Waals surface area contributed by atoms with Gasteiger partial charge in [-0.3, -0.25) is 4.79 Å². The van der Waals surface area contributed by atoms with Crippen LogP contribution in [0.5, 0.6) is 0 Å². The molecule has 1 amide bonds. The first-order chi connectivity index (χ1) is 9.20. The highest BCUT2D eigenvalue weighted by Gasteiger charge is 2.18. The molecule has 0 bridgehead atoms. The number of amides is 1. The molecule has 2 unspecified atom stereocenters. The summed E-state index contributed by atoms with van der Waals surface area (Å²) in [7, 11) is -3.53. The van der Waals surface area contributed by atoms with Crippen LogP contribution in [0.25, 0.3) is 0 Å². The van der Waals surface area contributed by atoms with Gasteiger partial charge in [-0.05, 0) is 37.6 Å². The van der Waals surface area contributed by atoms with E-state index in [0.29, 0.717) is 12.1 Å². The molecule has 1 aromatic carbocycles. The Bertz CT molecular complexity index is 555. The Balaban J connectivity index is 2.80. The zero-order valence-electron chi connectivity index (χ0n) is 11.7. The lowest BCUT2D eigenvalue weighted by Gasteiger charge is -2.15. The highest BCUT2D eigenvalue weighted by molar-refractivity contribution is 9.09. The average molecular weight is 363 g/mol. The molecule has 0 aliphatic rings. The molecular formula is C13H19BrN2O3S. The molecule has 112 valence electrons. The van der Waals surface area contributed by atoms with Gasteiger partial charge in [0.1, 0.15) is 0 Å². The zero-order chi connectivity index (χ0) is 15.3. The molecular weight excluding hydrogens is 344 g/mol. The van der Waals surface area contributed by atoms with Crippen molar-refractivity contribution in [1.82, 2.24) is 4.72 Å². The molecule has 1 aromatic rings. The third kappa shape index (κ3) is 5.60. The lowest BCUT2D eigenvalue weighted by Crippen LogP contribution is -2.33. The maximum Gasteiger partial charge on any atom is 0.240 e. The third-order valence-corrected chi connectivity index (χ3v) is 4.50. The molecule has 20 heavy (non-hydrogen) atoms. The summed E-state index contributed by atoms with van der Waals surface area (Å²) >= 11 is 3.40. The summed E-state index contributed by atoms with van der Waals surface area (Å²) in [5, 5.41) is 2.59. The smallest absolute Gasteiger partial charge is 0.240 e. The van der Waals surface area contributed by atoms with Gasteiger partial charge in [-0.1, -0.05) is 22.9 Å². The van der Waals surface area contributed by atoms with Crippen molar-refractivity contribution >= 4 is 37.5 Å². The molecule has 0 saturated heterocycles. The maximum absolute atomic E-state index is 12.1. The van der Waals surface area contributed by atoms with Crippen molar-refractivity contribution in [1.29, 1.82) is 0 Å². The number of carbonyl (C=O) groups is 1. The molecule has 0 fully saturated rings. The van der Waals surface area contributed by atoms with E-state index in [1.165, 1.54) is 19.1 Å². The lowest BCUT2D eigenvalue weighted by atomic mass is 10.2. The standard InChI is InChI=1S/C13H19BrN2O3S/c1-9(14)8-10(2)16-20(18,19)13-6-4-12(5-7-13)15-11(3)17/h4-7,9-10,16H,8H2,1-3H3,(H,15,17). The van der Waals surface area contributed by atoms with Crippen molar-refractivity contribution in [2.24, 2.45) is 0 Å². The number of hydrogen-bond donors (Lipinski definition) is 2. The number of nitrogens with one attached hydrogen (secondary N) is 2. The molecule has 2 N–H and O–H groups in total. The number of hydrogen-bond acceptors (Lipinski definition) is 3. The molecule has 0 aliphatic carbocycles. The summed E-state index contributed by atoms with van der Waals surface area (Å²) in [5.41, 5.74) is 0.568. The van der Waals surface area contributed by atoms with E-state index < -0.39 is 10.0 Å². The summed E-state index contributed by atoms with van der Waals surface area (Å²) in [4.78, 5) is 11.3. The Morgan fingerprint density at radius 1 is 1.25 bits per heavy atom. The Labute approximate surface area is 128 Å². The molecule has 1 rings (SSSR count). The fraction of sp³-hybridized carbons (Fsp3) is 0.462. The molecule has 0 aliphatic heterocycles. The Morgan fingerprint density at radius 2 is 1.80 bits per heavy atom. The van der Waals surface area contributed by atoms with Crippen LogP contribution in [0.3, 0.4) is 0 Å². The van der Waals surface area contributed by atoms with Crippen molar-refractivity contribution in [3.8, 4) is 0 Å². The number of halogens is 1. The number of anilines is 1. The van der Waals surface area contributed by atoms with Gasteiger partial charge >= 0.3 is 0 Å². The quantitative estimate of drug-likeness (QED) is 0.763. The van der Waals surface area contributed by atoms with E-state index in [1.54, 1.807) is 12.1 Å². The maximum atomic E-state index is 12.1. The van der Waals surface area contributed by atoms with E-state index in [0.717, 1.165) is 0 Å². The first-order valence-corrected chi connectivity index (χ1v) is 8.64. The van der Waals surface area contributed by atoms with Gasteiger partial charge in [0.15, 0.2) is 0 Å². The number of rotatable bonds is 6. The van der Waals surface area contributed by atoms with Crippen molar-refractivity contribution in [2.75, 3.05) is 5.32 Å². The van der Waals surface area contributed by atoms with Gasteiger partial charge < -0.3 is 5.32 Å². The highest BCUT2D eigenvalue weighted by atomic mass is 79.9. The van der Waals surface area contributed by atoms with Crippen LogP contribution in [-0.4, -0.2) is 25.2 Å². The number of alkyl halides is 1. The molecule has 0 radical (unpaired) electrons. The zero-order valence-corrected chi connectivity index (χ0v) is 14.1. The van der Waals surface area contributed by atoms with Gasteiger partial charge in [0.2, 0.25) is 15.9 Å². The van der Waals surface area contributed by atoms with Crippen LogP contribution >= 0.6 is 15.9 Å². The molecule has 0 spiro atoms. The van der Waals surface area contributed by atoms with Gasteiger partial charge in [-0.25, -0.2) is 13.1 Å². The van der Waals surface area contributed by atoms with E-state index in [4.69, 9.17) is 0 Å². The van der Waals surface area contributed by atoms with Gasteiger partial charge in [0.25, 0.3) is 0 Å². The van der Waals surface area contributed by atoms with Gasteiger partial charge in [-0.15, -0.1) is 0 Å². The number of sulfonamides is 1. The minimum Gasteiger partial charge on any atom is -0.326 e. The number of benzene rings is 1. The van der Waals surface area contributed by atoms with Crippen molar-refractivity contribution in [3.05, 3.63) is 24.3 Å². The largest absolute Gasteiger partial charge is 0.326 e. The first-order valence-electron chi connectivity index (χ1n) is 6.25. The normalized spacial score (nSPS) is 14.6. The molecule has 7 heteroatoms. The van der Waals surface area contributed by atoms with Crippen LogP contribution in [0.2, 0.25) is 0 Å². The molecule has 0 saturated carbocycles. The van der Waals surface area contributed by atoms with Crippen LogP contribution < -0.4 is 10.0 Å². The van der Waals surface area contributed by atoms with E-state index in [2.05, 4.69) is 26.0 Å². The van der Waals surface area contributed by atoms with Crippen LogP contribution in [0, 0.1) is 0 Å². The predicted molar refractivity (Wildman–Crippen MR) is 83.5 cm³/mol. The first kappa shape index (κ1) is 17.1. The van der Waals surface area contributed by atoms with Crippen LogP contribution in [-0.2, 0) is 14.8 Å². The predicted octanol–water partition coefficient (Wildman–Crippen LogP) is 2.49. The van der Waals surface area contributed by atoms with Crippen LogP contribution in [0.4, 0.5) is 5.69 Å². The minimum atomic E-state index is -3.53. The van der Waals surface area contributed by atoms with Crippen molar-refractivity contribution in [3.63, 3.8) is 0 Å². The lowest BCUT2D eigenvalue weighted by molar-refractivity contribution is -0.114. The molecule has 0 aromatic heterocycles. The fourth-order valence-corrected chi connectivity index (χ4v) is 3.61. The Hall–Kier alpha value is -0.920. The number of carbonyl (C=O) groups excluding carboxylic acids is 1. The van der Waals surface area contributed by atoms with E-state index >= 15 is 0 Å². The van der Waals surface area contributed by atoms with Gasteiger partial charge in [-0.2, -0.15) is 0 Å². The monoisotopic (exact) mass is 362 g/mol. The second-order valence-electron chi connectivity index (χ2n) is 4.74. The van der Waals surface area contributed by atoms with Crippen molar-refractivity contribution < 1.29 is 13.2 Å². The van der Waals surface area contributed by atoms with Gasteiger partial charge in [0, 0.05) is 23.5 Å². The second kappa shape index (κ2) is 7.19. The summed E-state index contributed by atoms with van der Waals surface area (Å²) in [6, 6.07) is 5.90. The minimum absolute atomic E-state index is 0.163. The second-order valence-corrected chi connectivity index (χ2v) is 8.02. The molecule has 0 heterocycles. The summed E-state index contributed by atoms with van der Waals surface area (Å²) in [5.74, 6) is -0.196. The summed E-state index contributed by atoms with van der Waals surface area (Å²) in [6.07, 6.45) is 0.698. The average Bonchev–Trinajstić information content (AvgIpc) is 2.26. The molecule has 5 nitrogen and oxygen atoms in total. The Morgan fingerprint density at radius 3 is 2.25 bits per heavy atom. The Kier molecular flexibility index (Phi) is 6.16. The van der Waals surface area contributed by atoms with Gasteiger partial charge in [0.05, 0.1) is 4.90 Å².